The summed E-state index contributed by atoms with van der Waals surface area (Å²) in [6.07, 6.45) is -0.687. The van der Waals surface area contributed by atoms with Crippen LogP contribution in [0, 0.1) is 0 Å². The van der Waals surface area contributed by atoms with E-state index in [2.05, 4.69) is 25.9 Å². The largest absolute Gasteiger partial charge is 0.444 e. The van der Waals surface area contributed by atoms with Gasteiger partial charge in [0.25, 0.3) is 0 Å². The van der Waals surface area contributed by atoms with Gasteiger partial charge in [-0.05, 0) is 67.5 Å². The minimum Gasteiger partial charge on any atom is -0.444 e. The number of nitrogens with one attached hydrogen (secondary N) is 2. The van der Waals surface area contributed by atoms with E-state index in [9.17, 15) is 14.4 Å². The highest BCUT2D eigenvalue weighted by atomic mass is 16.6. The molecule has 0 spiro atoms. The van der Waals surface area contributed by atoms with Crippen molar-refractivity contribution in [2.24, 2.45) is 0 Å². The first-order valence-electron chi connectivity index (χ1n) is 11.0. The Hall–Kier alpha value is -4.74. The molecule has 186 valence electrons. The van der Waals surface area contributed by atoms with Gasteiger partial charge in [0, 0.05) is 11.3 Å². The van der Waals surface area contributed by atoms with Crippen LogP contribution in [0.25, 0.3) is 22.6 Å². The van der Waals surface area contributed by atoms with Crippen molar-refractivity contribution in [2.75, 3.05) is 17.6 Å². The molecular weight excluding hydrogens is 466 g/mol. The summed E-state index contributed by atoms with van der Waals surface area (Å²) in [5.41, 5.74) is 7.73. The molecule has 4 rings (SSSR count). The normalized spacial score (nSPS) is 11.3. The van der Waals surface area contributed by atoms with Crippen LogP contribution >= 0.6 is 0 Å². The van der Waals surface area contributed by atoms with E-state index in [1.807, 2.05) is 24.3 Å². The molecule has 0 aliphatic carbocycles. The van der Waals surface area contributed by atoms with E-state index in [4.69, 9.17) is 15.1 Å². The van der Waals surface area contributed by atoms with Crippen LogP contribution in [0.1, 0.15) is 31.1 Å². The van der Waals surface area contributed by atoms with Crippen molar-refractivity contribution in [1.82, 2.24) is 25.2 Å². The van der Waals surface area contributed by atoms with Crippen molar-refractivity contribution in [3.63, 3.8) is 0 Å². The van der Waals surface area contributed by atoms with E-state index >= 15 is 0 Å². The minimum atomic E-state index is -0.687. The van der Waals surface area contributed by atoms with Crippen LogP contribution in [-0.2, 0) is 16.1 Å². The van der Waals surface area contributed by atoms with Crippen molar-refractivity contribution in [3.05, 3.63) is 54.1 Å². The summed E-state index contributed by atoms with van der Waals surface area (Å²) in [6.45, 7) is 4.89. The second-order valence-corrected chi connectivity index (χ2v) is 8.91. The fourth-order valence-corrected chi connectivity index (χ4v) is 3.41. The maximum absolute atomic E-state index is 13.1. The number of nitrogens with two attached hydrogens (primary N) is 1. The Labute approximate surface area is 205 Å². The third-order valence-corrected chi connectivity index (χ3v) is 4.96. The fourth-order valence-electron chi connectivity index (χ4n) is 3.41. The second-order valence-electron chi connectivity index (χ2n) is 8.91. The molecule has 0 bridgehead atoms. The quantitative estimate of drug-likeness (QED) is 0.329. The molecule has 4 aromatic rings. The Bertz CT molecular complexity index is 1420. The van der Waals surface area contributed by atoms with E-state index in [1.54, 1.807) is 49.6 Å². The number of fused-ring (bicyclic) bond motifs is 1. The molecule has 36 heavy (non-hydrogen) atoms. The zero-order valence-electron chi connectivity index (χ0n) is 19.9. The number of benzene rings is 2. The highest BCUT2D eigenvalue weighted by Gasteiger charge is 2.21. The number of aromatic nitrogens is 4. The van der Waals surface area contributed by atoms with Crippen molar-refractivity contribution in [2.45, 2.75) is 32.9 Å². The molecule has 12 heteroatoms. The predicted molar refractivity (Wildman–Crippen MR) is 131 cm³/mol. The first-order chi connectivity index (χ1) is 17.1. The number of nitrogens with zero attached hydrogens (tertiary/aromatic N) is 4. The summed E-state index contributed by atoms with van der Waals surface area (Å²) >= 11 is 0. The number of hydrogen-bond acceptors (Lipinski definition) is 9. The number of carbonyl (C=O) groups excluding carboxylic acids is 3. The monoisotopic (exact) mass is 491 g/mol. The van der Waals surface area contributed by atoms with Crippen LogP contribution in [0.15, 0.2) is 53.2 Å². The lowest BCUT2D eigenvalue weighted by atomic mass is 10.1. The van der Waals surface area contributed by atoms with E-state index in [1.165, 1.54) is 0 Å². The number of amides is 2. The number of ether oxygens (including phenoxy) is 1. The molecule has 2 heterocycles. The van der Waals surface area contributed by atoms with Gasteiger partial charge in [-0.1, -0.05) is 12.1 Å². The van der Waals surface area contributed by atoms with Crippen molar-refractivity contribution in [3.8, 4) is 11.5 Å². The molecule has 0 unspecified atom stereocenters. The lowest BCUT2D eigenvalue weighted by Gasteiger charge is -2.19. The average Bonchev–Trinajstić information content (AvgIpc) is 3.40. The second kappa shape index (κ2) is 9.86. The lowest BCUT2D eigenvalue weighted by Crippen LogP contribution is -2.37. The zero-order valence-corrected chi connectivity index (χ0v) is 19.9. The van der Waals surface area contributed by atoms with E-state index in [0.29, 0.717) is 22.6 Å². The van der Waals surface area contributed by atoms with Gasteiger partial charge in [-0.15, -0.1) is 0 Å². The molecule has 4 N–H and O–H groups in total. The third kappa shape index (κ3) is 5.66. The molecule has 2 aromatic heterocycles. The van der Waals surface area contributed by atoms with Crippen molar-refractivity contribution < 1.29 is 23.7 Å². The number of ketones is 1. The summed E-state index contributed by atoms with van der Waals surface area (Å²) < 4.78 is 11.5. The maximum Gasteiger partial charge on any atom is 0.408 e. The molecule has 12 nitrogen and oxygen atoms in total. The molecule has 2 amide bonds. The Morgan fingerprint density at radius 3 is 2.44 bits per heavy atom. The zero-order chi connectivity index (χ0) is 25.9. The molecule has 0 saturated heterocycles. The molecule has 0 aliphatic rings. The van der Waals surface area contributed by atoms with Crippen LogP contribution in [0.4, 0.5) is 16.3 Å². The minimum absolute atomic E-state index is 0.0341. The number of hydrogen-bond donors (Lipinski definition) is 3. The van der Waals surface area contributed by atoms with Gasteiger partial charge >= 0.3 is 6.09 Å². The van der Waals surface area contributed by atoms with Crippen LogP contribution in [0.3, 0.4) is 0 Å². The van der Waals surface area contributed by atoms with Crippen LogP contribution in [0.5, 0.6) is 0 Å². The van der Waals surface area contributed by atoms with E-state index < -0.39 is 17.6 Å². The maximum atomic E-state index is 13.1. The smallest absolute Gasteiger partial charge is 0.408 e. The van der Waals surface area contributed by atoms with Gasteiger partial charge in [-0.2, -0.15) is 0 Å². The fraction of sp³-hybridized carbons (Fsp3) is 0.250. The summed E-state index contributed by atoms with van der Waals surface area (Å²) in [6, 6.07) is 13.7. The van der Waals surface area contributed by atoms with E-state index in [0.717, 1.165) is 5.52 Å². The SMILES string of the molecule is CC(C)(C)OC(=O)NCC(=O)Nc1ccc(C(=O)Cn2c(-c3nonc3N)nc3ccccc32)cc1. The van der Waals surface area contributed by atoms with Gasteiger partial charge in [-0.3, -0.25) is 9.59 Å². The molecule has 0 aliphatic heterocycles. The van der Waals surface area contributed by atoms with Crippen molar-refractivity contribution in [1.29, 1.82) is 0 Å². The first kappa shape index (κ1) is 24.4. The number of rotatable bonds is 7. The van der Waals surface area contributed by atoms with Gasteiger partial charge in [0.05, 0.1) is 17.6 Å². The average molecular weight is 492 g/mol. The molecule has 0 fully saturated rings. The summed E-state index contributed by atoms with van der Waals surface area (Å²) in [4.78, 5) is 41.5. The summed E-state index contributed by atoms with van der Waals surface area (Å²) in [7, 11) is 0. The van der Waals surface area contributed by atoms with Crippen molar-refractivity contribution >= 4 is 40.3 Å². The Balaban J connectivity index is 1.44. The number of Topliss-reactive ketones (excluding diaryl/α,β-unsaturated/α-hetero) is 1. The number of nitrogen functional groups attached to an aromatic ring is 1. The lowest BCUT2D eigenvalue weighted by molar-refractivity contribution is -0.115. The van der Waals surface area contributed by atoms with Crippen LogP contribution in [-0.4, -0.2) is 49.8 Å². The number of imidazole rings is 1. The molecule has 0 saturated carbocycles. The van der Waals surface area contributed by atoms with Gasteiger partial charge in [0.2, 0.25) is 5.91 Å². The number of para-hydroxylation sites is 2. The predicted octanol–water partition coefficient (Wildman–Crippen LogP) is 3.01. The molecule has 0 radical (unpaired) electrons. The van der Waals surface area contributed by atoms with E-state index in [-0.39, 0.29) is 30.4 Å². The Morgan fingerprint density at radius 2 is 1.78 bits per heavy atom. The highest BCUT2D eigenvalue weighted by Crippen LogP contribution is 2.27. The van der Waals surface area contributed by atoms with Gasteiger partial charge in [0.15, 0.2) is 23.1 Å². The standard InChI is InChI=1S/C24H25N7O5/c1-24(2,3)35-23(34)26-12-19(33)27-15-10-8-14(9-11-15)18(32)13-31-17-7-5-4-6-16(17)28-22(31)20-21(25)30-36-29-20/h4-11H,12-13H2,1-3H3,(H2,25,30)(H,26,34)(H,27,33). The van der Waals surface area contributed by atoms with Gasteiger partial charge < -0.3 is 25.7 Å². The Morgan fingerprint density at radius 1 is 1.06 bits per heavy atom. The number of anilines is 2. The van der Waals surface area contributed by atoms with Crippen LogP contribution < -0.4 is 16.4 Å². The Kier molecular flexibility index (Phi) is 6.68. The summed E-state index contributed by atoms with van der Waals surface area (Å²) in [5.74, 6) is -0.197. The molecular formula is C24H25N7O5. The van der Waals surface area contributed by atoms with Gasteiger partial charge in [0.1, 0.15) is 12.1 Å². The molecule has 0 atom stereocenters. The topological polar surface area (TPSA) is 167 Å². The van der Waals surface area contributed by atoms with Crippen LogP contribution in [0.2, 0.25) is 0 Å². The first-order valence-corrected chi connectivity index (χ1v) is 11.0. The van der Waals surface area contributed by atoms with Gasteiger partial charge in [-0.25, -0.2) is 14.4 Å². The number of alkyl carbamates (subject to hydrolysis) is 1. The highest BCUT2D eigenvalue weighted by molar-refractivity contribution is 5.98. The third-order valence-electron chi connectivity index (χ3n) is 4.96. The number of carbonyl (C=O) groups is 3. The summed E-state index contributed by atoms with van der Waals surface area (Å²) in [5, 5.41) is 12.5. The molecule has 2 aromatic carbocycles.